The summed E-state index contributed by atoms with van der Waals surface area (Å²) in [5.74, 6) is -0.687. The lowest BCUT2D eigenvalue weighted by molar-refractivity contribution is -0.149. The summed E-state index contributed by atoms with van der Waals surface area (Å²) in [5, 5.41) is 9.44. The third-order valence-electron chi connectivity index (χ3n) is 4.55. The van der Waals surface area contributed by atoms with Gasteiger partial charge in [0.15, 0.2) is 3.79 Å². The van der Waals surface area contributed by atoms with Gasteiger partial charge in [-0.05, 0) is 29.9 Å². The van der Waals surface area contributed by atoms with E-state index in [0.717, 1.165) is 6.26 Å². The van der Waals surface area contributed by atoms with Crippen molar-refractivity contribution in [1.82, 2.24) is 0 Å². The Bertz CT molecular complexity index is 778. The van der Waals surface area contributed by atoms with Crippen LogP contribution in [0.4, 0.5) is 0 Å². The van der Waals surface area contributed by atoms with Crippen molar-refractivity contribution in [2.24, 2.45) is 17.3 Å². The number of hydrogen-bond donors (Lipinski definition) is 0. The molecule has 1 saturated carbocycles. The Kier molecular flexibility index (Phi) is 7.22. The molecule has 1 aliphatic rings. The van der Waals surface area contributed by atoms with E-state index in [1.165, 1.54) is 0 Å². The van der Waals surface area contributed by atoms with Crippen LogP contribution in [-0.4, -0.2) is 9.76 Å². The van der Waals surface area contributed by atoms with Crippen LogP contribution in [0.3, 0.4) is 0 Å². The third kappa shape index (κ3) is 6.07. The lowest BCUT2D eigenvalue weighted by Gasteiger charge is -2.13. The van der Waals surface area contributed by atoms with Crippen LogP contribution in [0.2, 0.25) is 0 Å². The van der Waals surface area contributed by atoms with Crippen molar-refractivity contribution in [2.45, 2.75) is 30.2 Å². The van der Waals surface area contributed by atoms with Crippen molar-refractivity contribution in [1.29, 1.82) is 5.26 Å². The Morgan fingerprint density at radius 1 is 1.37 bits per heavy atom. The quantitative estimate of drug-likeness (QED) is 0.271. The molecule has 0 bridgehead atoms. The molecule has 0 spiro atoms. The Hall–Kier alpha value is -0.830. The van der Waals surface area contributed by atoms with Gasteiger partial charge in [-0.3, -0.25) is 4.79 Å². The maximum atomic E-state index is 12.6. The zero-order valence-corrected chi connectivity index (χ0v) is 18.2. The monoisotopic (exact) mass is 469 g/mol. The van der Waals surface area contributed by atoms with Crippen LogP contribution in [-0.2, 0) is 9.53 Å². The fourth-order valence-electron chi connectivity index (χ4n) is 3.06. The van der Waals surface area contributed by atoms with Gasteiger partial charge in [0.25, 0.3) is 0 Å². The maximum absolute atomic E-state index is 12.6. The van der Waals surface area contributed by atoms with Gasteiger partial charge in [-0.2, -0.15) is 5.26 Å². The largest absolute Gasteiger partial charge is 0.462 e. The third-order valence-corrected chi connectivity index (χ3v) is 5.19. The predicted octanol–water partition coefficient (Wildman–Crippen LogP) is 6.48. The Balaban J connectivity index is 2.09. The van der Waals surface area contributed by atoms with Crippen molar-refractivity contribution in [3.63, 3.8) is 0 Å². The average Bonchev–Trinajstić information content (AvgIpc) is 3.09. The van der Waals surface area contributed by atoms with Crippen molar-refractivity contribution in [3.05, 3.63) is 40.6 Å². The molecule has 9 heteroatoms. The van der Waals surface area contributed by atoms with Crippen molar-refractivity contribution >= 4 is 64.0 Å². The highest BCUT2D eigenvalue weighted by atomic mass is 35.6. The second kappa shape index (κ2) is 8.68. The number of carbonyl (C=O) groups excluding carboxylic acids is 1. The highest BCUT2D eigenvalue weighted by Gasteiger charge is 2.64. The van der Waals surface area contributed by atoms with Crippen LogP contribution < -0.4 is 4.74 Å². The lowest BCUT2D eigenvalue weighted by atomic mass is 10.1. The second-order valence-corrected chi connectivity index (χ2v) is 10.3. The number of carbonyl (C=O) groups is 1. The van der Waals surface area contributed by atoms with E-state index in [0.29, 0.717) is 11.3 Å². The number of hydrogen-bond acceptors (Lipinski definition) is 4. The van der Waals surface area contributed by atoms with E-state index in [2.05, 4.69) is 0 Å². The normalized spacial score (nSPS) is 21.6. The smallest absolute Gasteiger partial charge is 0.311 e. The summed E-state index contributed by atoms with van der Waals surface area (Å²) in [6.45, 7) is 3.80. The Morgan fingerprint density at radius 2 is 2.04 bits per heavy atom. The summed E-state index contributed by atoms with van der Waals surface area (Å²) < 4.78 is 9.17. The summed E-state index contributed by atoms with van der Waals surface area (Å²) in [7, 11) is 0. The molecule has 0 amide bonds. The summed E-state index contributed by atoms with van der Waals surface area (Å²) in [6.07, 6.45) is 0.279. The van der Waals surface area contributed by atoms with Crippen LogP contribution in [0.25, 0.3) is 0 Å². The molecule has 1 fully saturated rings. The number of nitriles is 1. The van der Waals surface area contributed by atoms with Gasteiger partial charge in [0.1, 0.15) is 22.6 Å². The lowest BCUT2D eigenvalue weighted by Crippen LogP contribution is -2.15. The molecule has 0 aromatic heterocycles. The van der Waals surface area contributed by atoms with Crippen molar-refractivity contribution in [3.8, 4) is 11.8 Å². The van der Waals surface area contributed by atoms with Gasteiger partial charge in [-0.15, -0.1) is 0 Å². The van der Waals surface area contributed by atoms with Gasteiger partial charge < -0.3 is 9.47 Å². The van der Waals surface area contributed by atoms with Crippen LogP contribution in [0.15, 0.2) is 35.0 Å². The topological polar surface area (TPSA) is 59.3 Å². The number of ether oxygens (including phenoxy) is 2. The first-order valence-corrected chi connectivity index (χ1v) is 9.79. The summed E-state index contributed by atoms with van der Waals surface area (Å²) >= 11 is 28.6. The average molecular weight is 472 g/mol. The van der Waals surface area contributed by atoms with Gasteiger partial charge in [0, 0.05) is 5.56 Å². The van der Waals surface area contributed by atoms with E-state index in [1.807, 2.05) is 19.9 Å². The molecule has 1 unspecified atom stereocenters. The number of benzene rings is 1. The molecule has 146 valence electrons. The highest BCUT2D eigenvalue weighted by Crippen LogP contribution is 2.63. The van der Waals surface area contributed by atoms with Crippen molar-refractivity contribution < 1.29 is 14.3 Å². The number of nitrogens with zero attached hydrogens (tertiary/aromatic N) is 1. The SMILES string of the molecule is CC1(C)[C@H](C(=O)OC(C#N)c2cccc(OC=C(Cl)Cl)c2)[C@@H]1CC(Cl)(Cl)Cl. The molecule has 4 nitrogen and oxygen atoms in total. The summed E-state index contributed by atoms with van der Waals surface area (Å²) in [5.41, 5.74) is 0.0900. The molecular weight excluding hydrogens is 455 g/mol. The summed E-state index contributed by atoms with van der Waals surface area (Å²) in [4.78, 5) is 12.6. The van der Waals surface area contributed by atoms with Gasteiger partial charge in [-0.1, -0.05) is 84.0 Å². The molecule has 0 radical (unpaired) electrons. The second-order valence-electron chi connectivity index (χ2n) is 6.77. The van der Waals surface area contributed by atoms with E-state index < -0.39 is 21.8 Å². The van der Waals surface area contributed by atoms with Crippen LogP contribution in [0.5, 0.6) is 5.75 Å². The van der Waals surface area contributed by atoms with E-state index in [1.54, 1.807) is 24.3 Å². The number of halogens is 5. The van der Waals surface area contributed by atoms with Gasteiger partial charge in [-0.25, -0.2) is 0 Å². The zero-order valence-electron chi connectivity index (χ0n) is 14.4. The maximum Gasteiger partial charge on any atom is 0.311 e. The first-order chi connectivity index (χ1) is 12.5. The molecule has 0 aliphatic heterocycles. The Morgan fingerprint density at radius 3 is 2.59 bits per heavy atom. The Labute approximate surface area is 182 Å². The minimum atomic E-state index is -1.45. The molecular formula is C18H16Cl5NO3. The van der Waals surface area contributed by atoms with E-state index in [4.69, 9.17) is 67.5 Å². The zero-order chi connectivity index (χ0) is 20.4. The molecule has 0 saturated heterocycles. The van der Waals surface area contributed by atoms with E-state index in [9.17, 15) is 10.1 Å². The fourth-order valence-corrected chi connectivity index (χ4v) is 3.65. The highest BCUT2D eigenvalue weighted by molar-refractivity contribution is 6.67. The van der Waals surface area contributed by atoms with Gasteiger partial charge in [0.05, 0.1) is 5.92 Å². The molecule has 2 rings (SSSR count). The van der Waals surface area contributed by atoms with Crippen molar-refractivity contribution in [2.75, 3.05) is 0 Å². The van der Waals surface area contributed by atoms with Crippen LogP contribution in [0.1, 0.15) is 31.9 Å². The van der Waals surface area contributed by atoms with Gasteiger partial charge >= 0.3 is 5.97 Å². The first kappa shape index (κ1) is 22.5. The molecule has 0 heterocycles. The fraction of sp³-hybridized carbons (Fsp3) is 0.444. The standard InChI is InChI=1S/C18H16Cl5NO3/c1-17(2)12(7-18(21,22)23)15(17)16(25)27-13(8-24)10-4-3-5-11(6-10)26-9-14(19)20/h3-6,9,12-13,15H,7H2,1-2H3/t12-,13?,15-/m0/s1. The van der Waals surface area contributed by atoms with E-state index >= 15 is 0 Å². The summed E-state index contributed by atoms with van der Waals surface area (Å²) in [6, 6.07) is 8.49. The van der Waals surface area contributed by atoms with E-state index in [-0.39, 0.29) is 22.2 Å². The molecule has 27 heavy (non-hydrogen) atoms. The first-order valence-electron chi connectivity index (χ1n) is 7.90. The van der Waals surface area contributed by atoms with Crippen LogP contribution in [0, 0.1) is 28.6 Å². The molecule has 3 atom stereocenters. The predicted molar refractivity (Wildman–Crippen MR) is 107 cm³/mol. The molecule has 1 aromatic rings. The number of alkyl halides is 3. The minimum Gasteiger partial charge on any atom is -0.462 e. The minimum absolute atomic E-state index is 0.0559. The molecule has 1 aromatic carbocycles. The number of esters is 1. The van der Waals surface area contributed by atoms with Crippen LogP contribution >= 0.6 is 58.0 Å². The van der Waals surface area contributed by atoms with Gasteiger partial charge in [0.2, 0.25) is 6.10 Å². The molecule has 1 aliphatic carbocycles. The number of rotatable bonds is 6. The molecule has 0 N–H and O–H groups in total.